The second kappa shape index (κ2) is 3.75. The summed E-state index contributed by atoms with van der Waals surface area (Å²) < 4.78 is 13.8. The van der Waals surface area contributed by atoms with E-state index in [2.05, 4.69) is 10.4 Å². The zero-order valence-corrected chi connectivity index (χ0v) is 10.2. The van der Waals surface area contributed by atoms with Crippen molar-refractivity contribution in [1.29, 1.82) is 0 Å². The van der Waals surface area contributed by atoms with E-state index >= 15 is 0 Å². The first kappa shape index (κ1) is 10.9. The van der Waals surface area contributed by atoms with Crippen LogP contribution in [0.5, 0.6) is 0 Å². The lowest BCUT2D eigenvalue weighted by Gasteiger charge is -2.20. The van der Waals surface area contributed by atoms with E-state index in [4.69, 9.17) is 5.84 Å². The Morgan fingerprint density at radius 1 is 1.33 bits per heavy atom. The standard InChI is InChI=1S/C14H18FN3/c15-10-6-17-4-3-9(10)14(18-16)13-11-7-1-2-8(5-7)12(11)13/h3-4,6-8,11-14,18H,1-2,5,16H2. The van der Waals surface area contributed by atoms with Crippen molar-refractivity contribution in [1.82, 2.24) is 10.4 Å². The van der Waals surface area contributed by atoms with Crippen LogP contribution in [0.2, 0.25) is 0 Å². The van der Waals surface area contributed by atoms with Gasteiger partial charge in [0.15, 0.2) is 0 Å². The number of fused-ring (bicyclic) bond motifs is 5. The molecule has 5 atom stereocenters. The molecule has 0 radical (unpaired) electrons. The molecular weight excluding hydrogens is 229 g/mol. The number of rotatable bonds is 3. The molecule has 1 aromatic heterocycles. The number of hydrogen-bond donors (Lipinski definition) is 2. The van der Waals surface area contributed by atoms with Crippen LogP contribution in [0.4, 0.5) is 4.39 Å². The van der Waals surface area contributed by atoms with Crippen LogP contribution in [0.3, 0.4) is 0 Å². The number of aromatic nitrogens is 1. The van der Waals surface area contributed by atoms with Gasteiger partial charge < -0.3 is 0 Å². The molecule has 96 valence electrons. The molecule has 1 aromatic rings. The third kappa shape index (κ3) is 1.33. The van der Waals surface area contributed by atoms with E-state index in [9.17, 15) is 4.39 Å². The molecule has 2 bridgehead atoms. The Balaban J connectivity index is 1.63. The SMILES string of the molecule is NNC(c1ccncc1F)C1C2C3CCC(C3)C21. The van der Waals surface area contributed by atoms with E-state index in [1.165, 1.54) is 25.5 Å². The Morgan fingerprint density at radius 3 is 2.67 bits per heavy atom. The Morgan fingerprint density at radius 2 is 2.06 bits per heavy atom. The van der Waals surface area contributed by atoms with Crippen molar-refractivity contribution < 1.29 is 4.39 Å². The van der Waals surface area contributed by atoms with Gasteiger partial charge in [0.1, 0.15) is 5.82 Å². The molecule has 3 nitrogen and oxygen atoms in total. The molecule has 3 aliphatic rings. The number of nitrogens with one attached hydrogen (secondary N) is 1. The molecule has 3 fully saturated rings. The maximum absolute atomic E-state index is 13.8. The average Bonchev–Trinajstić information content (AvgIpc) is 2.81. The summed E-state index contributed by atoms with van der Waals surface area (Å²) in [6, 6.07) is 1.72. The van der Waals surface area contributed by atoms with Gasteiger partial charge in [0.2, 0.25) is 0 Å². The van der Waals surface area contributed by atoms with Gasteiger partial charge in [-0.2, -0.15) is 0 Å². The Hall–Kier alpha value is -1.00. The first-order valence-corrected chi connectivity index (χ1v) is 6.87. The fraction of sp³-hybridized carbons (Fsp3) is 0.643. The molecule has 4 heteroatoms. The van der Waals surface area contributed by atoms with E-state index in [0.29, 0.717) is 11.5 Å². The predicted octanol–water partition coefficient (Wildman–Crippen LogP) is 2.02. The van der Waals surface area contributed by atoms with Gasteiger partial charge in [0.25, 0.3) is 0 Å². The summed E-state index contributed by atoms with van der Waals surface area (Å²) in [5.41, 5.74) is 3.54. The summed E-state index contributed by atoms with van der Waals surface area (Å²) >= 11 is 0. The third-order valence-electron chi connectivity index (χ3n) is 5.50. The van der Waals surface area contributed by atoms with Crippen LogP contribution >= 0.6 is 0 Å². The van der Waals surface area contributed by atoms with Crippen molar-refractivity contribution in [2.24, 2.45) is 35.4 Å². The molecule has 0 aromatic carbocycles. The van der Waals surface area contributed by atoms with Crippen LogP contribution in [0.15, 0.2) is 18.5 Å². The number of hydrazine groups is 1. The summed E-state index contributed by atoms with van der Waals surface area (Å²) in [7, 11) is 0. The molecule has 4 rings (SSSR count). The number of nitrogens with zero attached hydrogens (tertiary/aromatic N) is 1. The molecule has 0 saturated heterocycles. The highest BCUT2D eigenvalue weighted by atomic mass is 19.1. The van der Waals surface area contributed by atoms with E-state index in [-0.39, 0.29) is 11.9 Å². The molecule has 3 saturated carbocycles. The molecule has 0 spiro atoms. The minimum atomic E-state index is -0.238. The Kier molecular flexibility index (Phi) is 2.26. The minimum absolute atomic E-state index is 0.0357. The number of pyridine rings is 1. The van der Waals surface area contributed by atoms with Crippen LogP contribution in [0.1, 0.15) is 30.9 Å². The number of hydrogen-bond acceptors (Lipinski definition) is 3. The lowest BCUT2D eigenvalue weighted by atomic mass is 9.93. The monoisotopic (exact) mass is 247 g/mol. The number of nitrogens with two attached hydrogens (primary N) is 1. The van der Waals surface area contributed by atoms with Gasteiger partial charge in [-0.15, -0.1) is 0 Å². The summed E-state index contributed by atoms with van der Waals surface area (Å²) in [6.45, 7) is 0. The van der Waals surface area contributed by atoms with Crippen molar-refractivity contribution in [3.8, 4) is 0 Å². The van der Waals surface area contributed by atoms with Gasteiger partial charge in [-0.1, -0.05) is 0 Å². The number of halogens is 1. The quantitative estimate of drug-likeness (QED) is 0.634. The second-order valence-corrected chi connectivity index (χ2v) is 6.11. The first-order valence-electron chi connectivity index (χ1n) is 6.87. The molecule has 0 aliphatic heterocycles. The summed E-state index contributed by atoms with van der Waals surface area (Å²) in [6.07, 6.45) is 7.08. The third-order valence-corrected chi connectivity index (χ3v) is 5.50. The van der Waals surface area contributed by atoms with Crippen LogP contribution in [-0.2, 0) is 0 Å². The van der Waals surface area contributed by atoms with Gasteiger partial charge in [-0.05, 0) is 54.9 Å². The highest BCUT2D eigenvalue weighted by Gasteiger charge is 2.66. The smallest absolute Gasteiger partial charge is 0.146 e. The second-order valence-electron chi connectivity index (χ2n) is 6.11. The summed E-state index contributed by atoms with van der Waals surface area (Å²) in [4.78, 5) is 3.81. The van der Waals surface area contributed by atoms with E-state index in [1.807, 2.05) is 0 Å². The molecule has 5 unspecified atom stereocenters. The van der Waals surface area contributed by atoms with Gasteiger partial charge in [0, 0.05) is 11.8 Å². The fourth-order valence-corrected chi connectivity index (χ4v) is 4.88. The molecule has 1 heterocycles. The molecule has 0 amide bonds. The van der Waals surface area contributed by atoms with Crippen LogP contribution in [0, 0.1) is 35.4 Å². The predicted molar refractivity (Wildman–Crippen MR) is 65.6 cm³/mol. The highest BCUT2D eigenvalue weighted by molar-refractivity contribution is 5.25. The van der Waals surface area contributed by atoms with Crippen molar-refractivity contribution >= 4 is 0 Å². The molecular formula is C14H18FN3. The largest absolute Gasteiger partial charge is 0.271 e. The van der Waals surface area contributed by atoms with E-state index in [0.717, 1.165) is 23.7 Å². The van der Waals surface area contributed by atoms with Crippen LogP contribution in [-0.4, -0.2) is 4.98 Å². The normalized spacial score (nSPS) is 41.8. The van der Waals surface area contributed by atoms with Crippen molar-refractivity contribution in [3.05, 3.63) is 29.8 Å². The highest BCUT2D eigenvalue weighted by Crippen LogP contribution is 2.72. The van der Waals surface area contributed by atoms with E-state index < -0.39 is 0 Å². The van der Waals surface area contributed by atoms with Gasteiger partial charge in [0.05, 0.1) is 12.2 Å². The Labute approximate surface area is 106 Å². The fourth-order valence-electron chi connectivity index (χ4n) is 4.88. The average molecular weight is 247 g/mol. The molecule has 3 aliphatic carbocycles. The van der Waals surface area contributed by atoms with Crippen molar-refractivity contribution in [2.75, 3.05) is 0 Å². The van der Waals surface area contributed by atoms with Crippen molar-refractivity contribution in [3.63, 3.8) is 0 Å². The zero-order chi connectivity index (χ0) is 12.3. The maximum Gasteiger partial charge on any atom is 0.146 e. The van der Waals surface area contributed by atoms with Crippen LogP contribution < -0.4 is 11.3 Å². The minimum Gasteiger partial charge on any atom is -0.271 e. The van der Waals surface area contributed by atoms with Gasteiger partial charge >= 0.3 is 0 Å². The summed E-state index contributed by atoms with van der Waals surface area (Å²) in [5.74, 6) is 9.33. The lowest BCUT2D eigenvalue weighted by molar-refractivity contribution is 0.365. The van der Waals surface area contributed by atoms with Gasteiger partial charge in [-0.25, -0.2) is 4.39 Å². The van der Waals surface area contributed by atoms with Crippen LogP contribution in [0.25, 0.3) is 0 Å². The summed E-state index contributed by atoms with van der Waals surface area (Å²) in [5, 5.41) is 0. The van der Waals surface area contributed by atoms with Crippen molar-refractivity contribution in [2.45, 2.75) is 25.3 Å². The van der Waals surface area contributed by atoms with E-state index in [1.54, 1.807) is 12.3 Å². The Bertz CT molecular complexity index is 462. The zero-order valence-electron chi connectivity index (χ0n) is 10.2. The molecule has 18 heavy (non-hydrogen) atoms. The lowest BCUT2D eigenvalue weighted by Crippen LogP contribution is -2.32. The maximum atomic E-state index is 13.8. The topological polar surface area (TPSA) is 50.9 Å². The van der Waals surface area contributed by atoms with Gasteiger partial charge in [-0.3, -0.25) is 16.3 Å². The first-order chi connectivity index (χ1) is 8.81. The molecule has 3 N–H and O–H groups in total.